The van der Waals surface area contributed by atoms with E-state index in [4.69, 9.17) is 24.2 Å². The van der Waals surface area contributed by atoms with E-state index in [1.807, 2.05) is 91.0 Å². The summed E-state index contributed by atoms with van der Waals surface area (Å²) in [5.74, 6) is 2.78. The topological polar surface area (TPSA) is 77.5 Å². The number of fused-ring (bicyclic) bond motifs is 1. The highest BCUT2D eigenvalue weighted by Crippen LogP contribution is 2.28. The number of hydrogen-bond acceptors (Lipinski definition) is 7. The Labute approximate surface area is 234 Å². The summed E-state index contributed by atoms with van der Waals surface area (Å²) in [6.07, 6.45) is 0.820. The van der Waals surface area contributed by atoms with E-state index in [2.05, 4.69) is 22.8 Å². The lowest BCUT2D eigenvalue weighted by atomic mass is 10.2. The van der Waals surface area contributed by atoms with Crippen molar-refractivity contribution < 1.29 is 14.2 Å². The average molecular weight is 543 g/mol. The van der Waals surface area contributed by atoms with Crippen LogP contribution < -0.4 is 20.1 Å². The zero-order valence-corrected chi connectivity index (χ0v) is 22.5. The van der Waals surface area contributed by atoms with Gasteiger partial charge in [-0.3, -0.25) is 0 Å². The Balaban J connectivity index is 0.00000353. The van der Waals surface area contributed by atoms with E-state index in [-0.39, 0.29) is 12.4 Å². The number of aromatic nitrogens is 2. The number of methoxy groups -OCH3 is 1. The number of anilines is 4. The van der Waals surface area contributed by atoms with E-state index in [1.165, 1.54) is 5.56 Å². The fourth-order valence-electron chi connectivity index (χ4n) is 3.94. The SMILES string of the molecule is COc1cccc(Nc2nc(Nc3ccc(OCCCOCc4ccccc4)cc3)nc3ccccc23)c1.Cl. The molecule has 5 rings (SSSR count). The molecule has 0 radical (unpaired) electrons. The quantitative estimate of drug-likeness (QED) is 0.158. The second-order valence-corrected chi connectivity index (χ2v) is 8.66. The molecule has 7 nitrogen and oxygen atoms in total. The van der Waals surface area contributed by atoms with Crippen molar-refractivity contribution >= 4 is 46.5 Å². The third kappa shape index (κ3) is 7.83. The van der Waals surface area contributed by atoms with Crippen LogP contribution in [0.5, 0.6) is 11.5 Å². The lowest BCUT2D eigenvalue weighted by Crippen LogP contribution is -2.04. The van der Waals surface area contributed by atoms with Gasteiger partial charge in [-0.05, 0) is 54.1 Å². The van der Waals surface area contributed by atoms with E-state index < -0.39 is 0 Å². The Morgan fingerprint density at radius 3 is 2.31 bits per heavy atom. The van der Waals surface area contributed by atoms with E-state index in [1.54, 1.807) is 7.11 Å². The van der Waals surface area contributed by atoms with E-state index in [9.17, 15) is 0 Å². The van der Waals surface area contributed by atoms with Gasteiger partial charge in [0, 0.05) is 29.2 Å². The molecule has 8 heteroatoms. The second kappa shape index (κ2) is 14.0. The first kappa shape index (κ1) is 27.7. The largest absolute Gasteiger partial charge is 0.497 e. The maximum absolute atomic E-state index is 5.87. The van der Waals surface area contributed by atoms with Gasteiger partial charge in [0.05, 0.1) is 32.4 Å². The van der Waals surface area contributed by atoms with Crippen LogP contribution in [0.4, 0.5) is 23.1 Å². The molecule has 5 aromatic rings. The lowest BCUT2D eigenvalue weighted by molar-refractivity contribution is 0.107. The number of nitrogens with zero attached hydrogens (tertiary/aromatic N) is 2. The molecule has 1 heterocycles. The van der Waals surface area contributed by atoms with Crippen LogP contribution in [0.3, 0.4) is 0 Å². The molecule has 0 fully saturated rings. The summed E-state index contributed by atoms with van der Waals surface area (Å²) < 4.78 is 16.9. The zero-order valence-electron chi connectivity index (χ0n) is 21.7. The highest BCUT2D eigenvalue weighted by molar-refractivity contribution is 5.92. The molecule has 0 saturated carbocycles. The summed E-state index contributed by atoms with van der Waals surface area (Å²) in [5.41, 5.74) is 3.76. The number of hydrogen-bond donors (Lipinski definition) is 2. The molecule has 1 aromatic heterocycles. The van der Waals surface area contributed by atoms with Gasteiger partial charge in [-0.15, -0.1) is 12.4 Å². The van der Waals surface area contributed by atoms with E-state index in [0.29, 0.717) is 31.6 Å². The van der Waals surface area contributed by atoms with Crippen LogP contribution in [-0.2, 0) is 11.3 Å². The molecule has 0 aliphatic rings. The second-order valence-electron chi connectivity index (χ2n) is 8.66. The van der Waals surface area contributed by atoms with Crippen LogP contribution in [0.1, 0.15) is 12.0 Å². The number of halogens is 1. The van der Waals surface area contributed by atoms with Crippen molar-refractivity contribution in [2.75, 3.05) is 31.0 Å². The average Bonchev–Trinajstić information content (AvgIpc) is 2.96. The first-order valence-corrected chi connectivity index (χ1v) is 12.6. The zero-order chi connectivity index (χ0) is 26.0. The Kier molecular flexibility index (Phi) is 9.94. The lowest BCUT2D eigenvalue weighted by Gasteiger charge is -2.13. The summed E-state index contributed by atoms with van der Waals surface area (Å²) in [5, 5.41) is 7.64. The summed E-state index contributed by atoms with van der Waals surface area (Å²) in [6, 6.07) is 33.6. The van der Waals surface area contributed by atoms with Gasteiger partial charge in [-0.1, -0.05) is 48.5 Å². The minimum Gasteiger partial charge on any atom is -0.497 e. The maximum Gasteiger partial charge on any atom is 0.229 e. The van der Waals surface area contributed by atoms with Crippen molar-refractivity contribution in [3.05, 3.63) is 109 Å². The summed E-state index contributed by atoms with van der Waals surface area (Å²) in [7, 11) is 1.65. The Hall–Kier alpha value is -4.33. The van der Waals surface area contributed by atoms with Gasteiger partial charge in [0.1, 0.15) is 17.3 Å². The molecule has 0 saturated heterocycles. The highest BCUT2D eigenvalue weighted by atomic mass is 35.5. The minimum atomic E-state index is 0. The van der Waals surface area contributed by atoms with Crippen molar-refractivity contribution in [1.82, 2.24) is 9.97 Å². The van der Waals surface area contributed by atoms with Gasteiger partial charge >= 0.3 is 0 Å². The molecular formula is C31H31ClN4O3. The molecule has 0 bridgehead atoms. The number of benzene rings is 4. The molecule has 0 unspecified atom stereocenters. The van der Waals surface area contributed by atoms with Crippen LogP contribution in [-0.4, -0.2) is 30.3 Å². The molecule has 200 valence electrons. The maximum atomic E-state index is 5.87. The Morgan fingerprint density at radius 2 is 1.49 bits per heavy atom. The third-order valence-corrected chi connectivity index (χ3v) is 5.86. The predicted octanol–water partition coefficient (Wildman–Crippen LogP) is 7.53. The first-order chi connectivity index (χ1) is 18.8. The summed E-state index contributed by atoms with van der Waals surface area (Å²) in [4.78, 5) is 9.45. The normalized spacial score (nSPS) is 10.5. The van der Waals surface area contributed by atoms with Crippen LogP contribution >= 0.6 is 12.4 Å². The highest BCUT2D eigenvalue weighted by Gasteiger charge is 2.09. The number of para-hydroxylation sites is 1. The number of rotatable bonds is 12. The standard InChI is InChI=1S/C31H30N4O3.ClH/c1-36-27-12-7-11-25(21-27)32-30-28-13-5-6-14-29(28)34-31(35-30)33-24-15-17-26(18-16-24)38-20-8-19-37-22-23-9-3-2-4-10-23;/h2-7,9-18,21H,8,19-20,22H2,1H3,(H2,32,33,34,35);1H. The van der Waals surface area contributed by atoms with Crippen LogP contribution in [0, 0.1) is 0 Å². The van der Waals surface area contributed by atoms with E-state index >= 15 is 0 Å². The van der Waals surface area contributed by atoms with Gasteiger partial charge in [0.2, 0.25) is 5.95 Å². The molecule has 0 amide bonds. The Bertz CT molecular complexity index is 1470. The summed E-state index contributed by atoms with van der Waals surface area (Å²) >= 11 is 0. The molecule has 0 aliphatic carbocycles. The first-order valence-electron chi connectivity index (χ1n) is 12.6. The third-order valence-electron chi connectivity index (χ3n) is 5.86. The van der Waals surface area contributed by atoms with Crippen LogP contribution in [0.15, 0.2) is 103 Å². The van der Waals surface area contributed by atoms with Crippen molar-refractivity contribution in [2.45, 2.75) is 13.0 Å². The molecule has 39 heavy (non-hydrogen) atoms. The van der Waals surface area contributed by atoms with E-state index in [0.717, 1.165) is 40.2 Å². The smallest absolute Gasteiger partial charge is 0.229 e. The molecule has 4 aromatic carbocycles. The number of ether oxygens (including phenoxy) is 3. The van der Waals surface area contributed by atoms with Crippen molar-refractivity contribution in [3.63, 3.8) is 0 Å². The minimum absolute atomic E-state index is 0. The van der Waals surface area contributed by atoms with Crippen LogP contribution in [0.2, 0.25) is 0 Å². The molecule has 0 aliphatic heterocycles. The monoisotopic (exact) mass is 542 g/mol. The van der Waals surface area contributed by atoms with Crippen LogP contribution in [0.25, 0.3) is 10.9 Å². The van der Waals surface area contributed by atoms with Gasteiger partial charge in [-0.2, -0.15) is 4.98 Å². The van der Waals surface area contributed by atoms with Gasteiger partial charge in [0.15, 0.2) is 0 Å². The van der Waals surface area contributed by atoms with Gasteiger partial charge in [0.25, 0.3) is 0 Å². The fourth-order valence-corrected chi connectivity index (χ4v) is 3.94. The van der Waals surface area contributed by atoms with Crippen molar-refractivity contribution in [3.8, 4) is 11.5 Å². The predicted molar refractivity (Wildman–Crippen MR) is 159 cm³/mol. The van der Waals surface area contributed by atoms with Crippen molar-refractivity contribution in [1.29, 1.82) is 0 Å². The Morgan fingerprint density at radius 1 is 0.692 bits per heavy atom. The van der Waals surface area contributed by atoms with Crippen molar-refractivity contribution in [2.24, 2.45) is 0 Å². The summed E-state index contributed by atoms with van der Waals surface area (Å²) in [6.45, 7) is 1.86. The van der Waals surface area contributed by atoms with Gasteiger partial charge in [-0.25, -0.2) is 4.98 Å². The number of nitrogens with one attached hydrogen (secondary N) is 2. The molecule has 0 spiro atoms. The molecule has 2 N–H and O–H groups in total. The fraction of sp³-hybridized carbons (Fsp3) is 0.161. The molecule has 0 atom stereocenters. The molecular weight excluding hydrogens is 512 g/mol. The van der Waals surface area contributed by atoms with Gasteiger partial charge < -0.3 is 24.8 Å².